The third-order valence-electron chi connectivity index (χ3n) is 2.83. The highest BCUT2D eigenvalue weighted by Gasteiger charge is 2.12. The Morgan fingerprint density at radius 2 is 2.00 bits per heavy atom. The molecule has 1 N–H and O–H groups in total. The number of hydrogen-bond acceptors (Lipinski definition) is 2. The van der Waals surface area contributed by atoms with Crippen LogP contribution in [0.25, 0.3) is 16.6 Å². The van der Waals surface area contributed by atoms with Crippen molar-refractivity contribution in [1.29, 1.82) is 0 Å². The van der Waals surface area contributed by atoms with Gasteiger partial charge in [-0.3, -0.25) is 9.89 Å². The number of hydrogen-bond donors (Lipinski definition) is 1. The fourth-order valence-corrected chi connectivity index (χ4v) is 2.27. The molecule has 0 radical (unpaired) electrons. The van der Waals surface area contributed by atoms with E-state index in [-0.39, 0.29) is 5.56 Å². The van der Waals surface area contributed by atoms with Crippen LogP contribution in [0.5, 0.6) is 0 Å². The first kappa shape index (κ1) is 11.0. The van der Waals surface area contributed by atoms with Crippen LogP contribution in [0.4, 0.5) is 0 Å². The number of benzene rings is 1. The summed E-state index contributed by atoms with van der Waals surface area (Å²) in [5, 5.41) is 3.99. The van der Waals surface area contributed by atoms with E-state index in [1.807, 2.05) is 30.3 Å². The summed E-state index contributed by atoms with van der Waals surface area (Å²) in [5.74, 6) is 0. The number of pyridine rings is 1. The van der Waals surface area contributed by atoms with E-state index in [0.717, 1.165) is 5.69 Å². The molecule has 0 unspecified atom stereocenters. The molecule has 4 nitrogen and oxygen atoms in total. The number of nitrogens with one attached hydrogen (secondary N) is 1. The van der Waals surface area contributed by atoms with E-state index in [1.54, 1.807) is 13.0 Å². The Hall–Kier alpha value is -2.07. The van der Waals surface area contributed by atoms with Crippen LogP contribution < -0.4 is 5.56 Å². The second-order valence-electron chi connectivity index (χ2n) is 4.04. The number of rotatable bonds is 1. The van der Waals surface area contributed by atoms with Crippen LogP contribution in [-0.2, 0) is 0 Å². The van der Waals surface area contributed by atoms with Crippen LogP contribution in [0, 0.1) is 6.92 Å². The number of para-hydroxylation sites is 1. The van der Waals surface area contributed by atoms with E-state index >= 15 is 0 Å². The van der Waals surface area contributed by atoms with Crippen molar-refractivity contribution in [3.63, 3.8) is 0 Å². The van der Waals surface area contributed by atoms with E-state index in [9.17, 15) is 4.79 Å². The van der Waals surface area contributed by atoms with Gasteiger partial charge in [0.1, 0.15) is 5.15 Å². The molecule has 18 heavy (non-hydrogen) atoms. The molecule has 0 aliphatic rings. The summed E-state index contributed by atoms with van der Waals surface area (Å²) in [5.41, 5.74) is 2.00. The summed E-state index contributed by atoms with van der Waals surface area (Å²) in [4.78, 5) is 16.4. The van der Waals surface area contributed by atoms with E-state index in [0.29, 0.717) is 21.7 Å². The summed E-state index contributed by atoms with van der Waals surface area (Å²) in [7, 11) is 0. The van der Waals surface area contributed by atoms with Crippen LogP contribution in [0.2, 0.25) is 5.15 Å². The van der Waals surface area contributed by atoms with Gasteiger partial charge in [-0.05, 0) is 19.1 Å². The monoisotopic (exact) mass is 259 g/mol. The first-order valence-electron chi connectivity index (χ1n) is 5.50. The first-order valence-corrected chi connectivity index (χ1v) is 5.88. The highest BCUT2D eigenvalue weighted by Crippen LogP contribution is 2.17. The van der Waals surface area contributed by atoms with Gasteiger partial charge in [0, 0.05) is 6.07 Å². The van der Waals surface area contributed by atoms with E-state index in [2.05, 4.69) is 10.1 Å². The quantitative estimate of drug-likeness (QED) is 0.683. The zero-order valence-electron chi connectivity index (χ0n) is 9.64. The topological polar surface area (TPSA) is 50.7 Å². The molecular weight excluding hydrogens is 250 g/mol. The molecule has 0 bridgehead atoms. The average molecular weight is 260 g/mol. The molecule has 3 rings (SSSR count). The summed E-state index contributed by atoms with van der Waals surface area (Å²) < 4.78 is 1.50. The van der Waals surface area contributed by atoms with Crippen LogP contribution in [0.1, 0.15) is 5.69 Å². The number of aryl methyl sites for hydroxylation is 1. The van der Waals surface area contributed by atoms with E-state index in [4.69, 9.17) is 11.6 Å². The molecule has 2 aromatic heterocycles. The molecule has 0 spiro atoms. The number of fused-ring (bicyclic) bond motifs is 1. The van der Waals surface area contributed by atoms with Gasteiger partial charge in [0.2, 0.25) is 0 Å². The molecule has 0 saturated carbocycles. The van der Waals surface area contributed by atoms with Crippen molar-refractivity contribution in [3.05, 3.63) is 57.6 Å². The predicted molar refractivity (Wildman–Crippen MR) is 71.4 cm³/mol. The Morgan fingerprint density at radius 3 is 2.72 bits per heavy atom. The van der Waals surface area contributed by atoms with Crippen molar-refractivity contribution in [2.24, 2.45) is 0 Å². The predicted octanol–water partition coefficient (Wildman–Crippen LogP) is 2.68. The van der Waals surface area contributed by atoms with Gasteiger partial charge in [-0.15, -0.1) is 0 Å². The Labute approximate surface area is 108 Å². The highest BCUT2D eigenvalue weighted by atomic mass is 35.5. The smallest absolute Gasteiger partial charge is 0.280 e. The fourth-order valence-electron chi connectivity index (χ4n) is 2.03. The second kappa shape index (κ2) is 3.99. The molecule has 0 aliphatic heterocycles. The van der Waals surface area contributed by atoms with Crippen molar-refractivity contribution >= 4 is 22.5 Å². The third kappa shape index (κ3) is 1.62. The lowest BCUT2D eigenvalue weighted by Gasteiger charge is -1.99. The molecule has 0 saturated heterocycles. The zero-order valence-corrected chi connectivity index (χ0v) is 10.4. The van der Waals surface area contributed by atoms with Gasteiger partial charge >= 0.3 is 0 Å². The van der Waals surface area contributed by atoms with E-state index in [1.165, 1.54) is 4.68 Å². The van der Waals surface area contributed by atoms with Crippen molar-refractivity contribution in [3.8, 4) is 5.69 Å². The normalized spacial score (nSPS) is 11.0. The number of aromatic nitrogens is 3. The van der Waals surface area contributed by atoms with Crippen molar-refractivity contribution in [1.82, 2.24) is 14.8 Å². The minimum atomic E-state index is -0.113. The van der Waals surface area contributed by atoms with Crippen molar-refractivity contribution in [2.75, 3.05) is 0 Å². The maximum atomic E-state index is 12.3. The maximum absolute atomic E-state index is 12.3. The SMILES string of the molecule is Cc1nc(Cl)cc2[nH]n(-c3ccccc3)c(=O)c12. The molecule has 0 atom stereocenters. The minimum absolute atomic E-state index is 0.113. The Bertz CT molecular complexity index is 774. The minimum Gasteiger partial charge on any atom is -0.290 e. The second-order valence-corrected chi connectivity index (χ2v) is 4.43. The summed E-state index contributed by atoms with van der Waals surface area (Å²) >= 11 is 5.89. The molecule has 0 fully saturated rings. The van der Waals surface area contributed by atoms with Crippen LogP contribution in [-0.4, -0.2) is 14.8 Å². The number of H-pyrrole nitrogens is 1. The summed E-state index contributed by atoms with van der Waals surface area (Å²) in [6, 6.07) is 11.0. The van der Waals surface area contributed by atoms with Crippen LogP contribution in [0.3, 0.4) is 0 Å². The molecule has 90 valence electrons. The fraction of sp³-hybridized carbons (Fsp3) is 0.0769. The van der Waals surface area contributed by atoms with Gasteiger partial charge in [0.15, 0.2) is 0 Å². The lowest BCUT2D eigenvalue weighted by atomic mass is 10.2. The van der Waals surface area contributed by atoms with Gasteiger partial charge in [-0.2, -0.15) is 0 Å². The lowest BCUT2D eigenvalue weighted by Crippen LogP contribution is -2.14. The van der Waals surface area contributed by atoms with E-state index < -0.39 is 0 Å². The number of halogens is 1. The summed E-state index contributed by atoms with van der Waals surface area (Å²) in [6.45, 7) is 1.78. The third-order valence-corrected chi connectivity index (χ3v) is 3.03. The van der Waals surface area contributed by atoms with Crippen LogP contribution >= 0.6 is 11.6 Å². The summed E-state index contributed by atoms with van der Waals surface area (Å²) in [6.07, 6.45) is 0. The van der Waals surface area contributed by atoms with Gasteiger partial charge < -0.3 is 0 Å². The lowest BCUT2D eigenvalue weighted by molar-refractivity contribution is 0.863. The number of nitrogens with zero attached hydrogens (tertiary/aromatic N) is 2. The van der Waals surface area contributed by atoms with Gasteiger partial charge in [-0.1, -0.05) is 29.8 Å². The molecule has 0 aliphatic carbocycles. The Morgan fingerprint density at radius 1 is 1.28 bits per heavy atom. The molecular formula is C13H10ClN3O. The average Bonchev–Trinajstić information content (AvgIpc) is 2.67. The molecule has 1 aromatic carbocycles. The number of aromatic amines is 1. The molecule has 5 heteroatoms. The van der Waals surface area contributed by atoms with Crippen molar-refractivity contribution in [2.45, 2.75) is 6.92 Å². The maximum Gasteiger partial charge on any atom is 0.280 e. The molecule has 0 amide bonds. The molecule has 2 heterocycles. The Kier molecular flexibility index (Phi) is 2.45. The molecule has 3 aromatic rings. The highest BCUT2D eigenvalue weighted by molar-refractivity contribution is 6.30. The van der Waals surface area contributed by atoms with Crippen LogP contribution in [0.15, 0.2) is 41.2 Å². The largest absolute Gasteiger partial charge is 0.290 e. The van der Waals surface area contributed by atoms with Gasteiger partial charge in [0.25, 0.3) is 5.56 Å². The van der Waals surface area contributed by atoms with Crippen molar-refractivity contribution < 1.29 is 0 Å². The van der Waals surface area contributed by atoms with Gasteiger partial charge in [-0.25, -0.2) is 9.67 Å². The first-order chi connectivity index (χ1) is 8.66. The Balaban J connectivity index is 2.37. The zero-order chi connectivity index (χ0) is 12.7. The standard InChI is InChI=1S/C13H10ClN3O/c1-8-12-10(7-11(14)15-8)16-17(13(12)18)9-5-3-2-4-6-9/h2-7,16H,1H3. The van der Waals surface area contributed by atoms with Gasteiger partial charge in [0.05, 0.1) is 22.3 Å².